The Balaban J connectivity index is 2.14. The lowest BCUT2D eigenvalue weighted by Crippen LogP contribution is -2.38. The summed E-state index contributed by atoms with van der Waals surface area (Å²) in [6, 6.07) is 1.86. The van der Waals surface area contributed by atoms with Gasteiger partial charge < -0.3 is 10.0 Å². The third kappa shape index (κ3) is 2.22. The molecule has 14 heavy (non-hydrogen) atoms. The Hall–Kier alpha value is -0.680. The van der Waals surface area contributed by atoms with Gasteiger partial charge >= 0.3 is 0 Å². The Labute approximate surface area is 91.1 Å². The summed E-state index contributed by atoms with van der Waals surface area (Å²) in [4.78, 5) is 10.3. The minimum Gasteiger partial charge on any atom is -0.391 e. The first-order chi connectivity index (χ1) is 6.75. The quantitative estimate of drug-likeness (QED) is 0.769. The van der Waals surface area contributed by atoms with Gasteiger partial charge in [0.2, 0.25) is 0 Å². The van der Waals surface area contributed by atoms with Crippen molar-refractivity contribution in [3.8, 4) is 0 Å². The molecule has 1 fully saturated rings. The molecular formula is C9H12BrN3O. The predicted molar refractivity (Wildman–Crippen MR) is 57.2 cm³/mol. The molecule has 1 aliphatic rings. The van der Waals surface area contributed by atoms with Crippen LogP contribution in [-0.2, 0) is 0 Å². The van der Waals surface area contributed by atoms with E-state index < -0.39 is 0 Å². The molecule has 0 bridgehead atoms. The van der Waals surface area contributed by atoms with Gasteiger partial charge in [-0.15, -0.1) is 0 Å². The van der Waals surface area contributed by atoms with E-state index in [0.29, 0.717) is 11.3 Å². The fourth-order valence-electron chi connectivity index (χ4n) is 1.67. The number of aromatic nitrogens is 2. The average Bonchev–Trinajstić information content (AvgIpc) is 2.18. The Morgan fingerprint density at radius 2 is 2.43 bits per heavy atom. The summed E-state index contributed by atoms with van der Waals surface area (Å²) >= 11 is 3.23. The number of aliphatic hydroxyl groups excluding tert-OH is 1. The van der Waals surface area contributed by atoms with Crippen LogP contribution in [0.3, 0.4) is 0 Å². The molecule has 0 radical (unpaired) electrons. The fourth-order valence-corrected chi connectivity index (χ4v) is 1.96. The first kappa shape index (κ1) is 9.86. The van der Waals surface area contributed by atoms with Crippen LogP contribution in [0, 0.1) is 0 Å². The molecule has 76 valence electrons. The fraction of sp³-hybridized carbons (Fsp3) is 0.556. The van der Waals surface area contributed by atoms with Gasteiger partial charge in [-0.3, -0.25) is 0 Å². The summed E-state index contributed by atoms with van der Waals surface area (Å²) in [7, 11) is 0. The molecule has 0 spiro atoms. The Morgan fingerprint density at radius 3 is 3.14 bits per heavy atom. The smallest absolute Gasteiger partial charge is 0.198 e. The second-order valence-electron chi connectivity index (χ2n) is 3.43. The van der Waals surface area contributed by atoms with Crippen LogP contribution in [0.25, 0.3) is 0 Å². The molecule has 4 nitrogen and oxygen atoms in total. The third-order valence-corrected chi connectivity index (χ3v) is 2.71. The van der Waals surface area contributed by atoms with Crippen LogP contribution < -0.4 is 4.90 Å². The maximum Gasteiger partial charge on any atom is 0.198 e. The van der Waals surface area contributed by atoms with Gasteiger partial charge in [0.25, 0.3) is 0 Å². The van der Waals surface area contributed by atoms with E-state index in [9.17, 15) is 5.11 Å². The molecule has 0 saturated carbocycles. The number of hydrogen-bond acceptors (Lipinski definition) is 4. The highest BCUT2D eigenvalue weighted by molar-refractivity contribution is 9.10. The van der Waals surface area contributed by atoms with Crippen molar-refractivity contribution in [1.82, 2.24) is 9.97 Å². The first-order valence-electron chi connectivity index (χ1n) is 4.67. The second-order valence-corrected chi connectivity index (χ2v) is 4.14. The van der Waals surface area contributed by atoms with E-state index >= 15 is 0 Å². The Kier molecular flexibility index (Phi) is 2.98. The van der Waals surface area contributed by atoms with Crippen LogP contribution in [0.1, 0.15) is 12.8 Å². The summed E-state index contributed by atoms with van der Waals surface area (Å²) < 4.78 is 0.593. The largest absolute Gasteiger partial charge is 0.391 e. The van der Waals surface area contributed by atoms with Crippen molar-refractivity contribution in [2.75, 3.05) is 18.0 Å². The lowest BCUT2D eigenvalue weighted by molar-refractivity contribution is 0.154. The van der Waals surface area contributed by atoms with Gasteiger partial charge in [-0.05, 0) is 34.8 Å². The maximum atomic E-state index is 9.51. The van der Waals surface area contributed by atoms with Crippen LogP contribution in [0.4, 0.5) is 5.82 Å². The molecular weight excluding hydrogens is 246 g/mol. The van der Waals surface area contributed by atoms with Crippen LogP contribution in [0.5, 0.6) is 0 Å². The summed E-state index contributed by atoms with van der Waals surface area (Å²) in [6.45, 7) is 1.63. The molecule has 0 aromatic carbocycles. The second kappa shape index (κ2) is 4.23. The van der Waals surface area contributed by atoms with Crippen LogP contribution >= 0.6 is 15.9 Å². The van der Waals surface area contributed by atoms with E-state index in [1.54, 1.807) is 6.20 Å². The van der Waals surface area contributed by atoms with Crippen molar-refractivity contribution in [3.05, 3.63) is 17.0 Å². The summed E-state index contributed by atoms with van der Waals surface area (Å²) in [5, 5.41) is 9.51. The highest BCUT2D eigenvalue weighted by Gasteiger charge is 2.18. The lowest BCUT2D eigenvalue weighted by atomic mass is 10.1. The molecule has 1 aliphatic heterocycles. The van der Waals surface area contributed by atoms with Crippen molar-refractivity contribution >= 4 is 21.7 Å². The molecule has 1 aromatic rings. The minimum absolute atomic E-state index is 0.225. The molecule has 5 heteroatoms. The molecule has 1 saturated heterocycles. The van der Waals surface area contributed by atoms with Crippen molar-refractivity contribution in [2.24, 2.45) is 0 Å². The molecule has 2 heterocycles. The number of hydrogen-bond donors (Lipinski definition) is 1. The molecule has 0 amide bonds. The van der Waals surface area contributed by atoms with Crippen molar-refractivity contribution in [3.63, 3.8) is 0 Å². The highest BCUT2D eigenvalue weighted by atomic mass is 79.9. The average molecular weight is 258 g/mol. The van der Waals surface area contributed by atoms with Gasteiger partial charge in [0, 0.05) is 19.3 Å². The molecule has 0 aliphatic carbocycles. The zero-order chi connectivity index (χ0) is 9.97. The van der Waals surface area contributed by atoms with Crippen LogP contribution in [-0.4, -0.2) is 34.3 Å². The number of nitrogens with zero attached hydrogens (tertiary/aromatic N) is 3. The van der Waals surface area contributed by atoms with Gasteiger partial charge in [-0.25, -0.2) is 9.97 Å². The molecule has 1 unspecified atom stereocenters. The Morgan fingerprint density at radius 1 is 1.57 bits per heavy atom. The minimum atomic E-state index is -0.225. The van der Waals surface area contributed by atoms with Gasteiger partial charge in [-0.1, -0.05) is 0 Å². The normalized spacial score (nSPS) is 22.4. The zero-order valence-electron chi connectivity index (χ0n) is 7.73. The third-order valence-electron chi connectivity index (χ3n) is 2.33. The van der Waals surface area contributed by atoms with E-state index in [4.69, 9.17) is 0 Å². The van der Waals surface area contributed by atoms with Crippen molar-refractivity contribution in [1.29, 1.82) is 0 Å². The van der Waals surface area contributed by atoms with E-state index in [2.05, 4.69) is 30.8 Å². The van der Waals surface area contributed by atoms with Gasteiger partial charge in [0.05, 0.1) is 6.10 Å². The number of halogens is 1. The first-order valence-corrected chi connectivity index (χ1v) is 5.46. The van der Waals surface area contributed by atoms with Gasteiger partial charge in [-0.2, -0.15) is 0 Å². The van der Waals surface area contributed by atoms with E-state index in [1.807, 2.05) is 6.07 Å². The number of anilines is 1. The van der Waals surface area contributed by atoms with E-state index in [1.165, 1.54) is 0 Å². The zero-order valence-corrected chi connectivity index (χ0v) is 9.31. The topological polar surface area (TPSA) is 49.2 Å². The van der Waals surface area contributed by atoms with Crippen LogP contribution in [0.2, 0.25) is 0 Å². The SMILES string of the molecule is OC1CCCN(c2ccnc(Br)n2)C1. The number of piperidine rings is 1. The van der Waals surface area contributed by atoms with E-state index in [-0.39, 0.29) is 6.10 Å². The summed E-state index contributed by atoms with van der Waals surface area (Å²) in [5.74, 6) is 0.880. The lowest BCUT2D eigenvalue weighted by Gasteiger charge is -2.30. The maximum absolute atomic E-state index is 9.51. The molecule has 1 aromatic heterocycles. The number of β-amino-alcohol motifs (C(OH)–C–C–N with tert-alkyl or cyclic N) is 1. The van der Waals surface area contributed by atoms with Gasteiger partial charge in [0.1, 0.15) is 5.82 Å². The van der Waals surface area contributed by atoms with Crippen molar-refractivity contribution < 1.29 is 5.11 Å². The predicted octanol–water partition coefficient (Wildman–Crippen LogP) is 1.20. The number of rotatable bonds is 1. The molecule has 1 atom stereocenters. The van der Waals surface area contributed by atoms with Gasteiger partial charge in [0.15, 0.2) is 4.73 Å². The molecule has 2 rings (SSSR count). The van der Waals surface area contributed by atoms with Crippen LogP contribution in [0.15, 0.2) is 17.0 Å². The monoisotopic (exact) mass is 257 g/mol. The summed E-state index contributed by atoms with van der Waals surface area (Å²) in [6.07, 6.45) is 3.40. The molecule has 1 N–H and O–H groups in total. The highest BCUT2D eigenvalue weighted by Crippen LogP contribution is 2.18. The summed E-state index contributed by atoms with van der Waals surface area (Å²) in [5.41, 5.74) is 0. The standard InChI is InChI=1S/C9H12BrN3O/c10-9-11-4-3-8(12-9)13-5-1-2-7(14)6-13/h3-4,7,14H,1-2,5-6H2. The number of aliphatic hydroxyl groups is 1. The van der Waals surface area contributed by atoms with E-state index in [0.717, 1.165) is 25.2 Å². The Bertz CT molecular complexity index is 321. The van der Waals surface area contributed by atoms with Crippen molar-refractivity contribution in [2.45, 2.75) is 18.9 Å².